The number of allylic oxidation sites excluding steroid dienone is 1. The van der Waals surface area contributed by atoms with Crippen LogP contribution in [0, 0.1) is 0 Å². The number of furan rings is 1. The molecule has 5 heteroatoms. The Morgan fingerprint density at radius 2 is 1.14 bits per heavy atom. The molecule has 5 nitrogen and oxygen atoms in total. The van der Waals surface area contributed by atoms with Crippen molar-refractivity contribution in [2.45, 2.75) is 12.8 Å². The molecule has 13 rings (SSSR count). The summed E-state index contributed by atoms with van der Waals surface area (Å²) in [4.78, 5) is 11.0. The van der Waals surface area contributed by atoms with Gasteiger partial charge in [-0.05, 0) is 99.8 Å². The minimum Gasteiger partial charge on any atom is -0.442 e. The van der Waals surface area contributed by atoms with Gasteiger partial charge in [-0.25, -0.2) is 4.98 Å². The molecule has 0 atom stereocenters. The first kappa shape index (κ1) is 32.3. The van der Waals surface area contributed by atoms with Gasteiger partial charge in [-0.2, -0.15) is 4.98 Å². The van der Waals surface area contributed by atoms with E-state index in [1.165, 1.54) is 48.8 Å². The minimum absolute atomic E-state index is 0.601. The smallest absolute Gasteiger partial charge is 0.232 e. The molecule has 0 amide bonds. The minimum atomic E-state index is 0.601. The molecular weight excluding hydrogens is 721 g/mol. The van der Waals surface area contributed by atoms with Crippen LogP contribution in [0.3, 0.4) is 0 Å². The highest BCUT2D eigenvalue weighted by molar-refractivity contribution is 6.23. The number of hydrogen-bond donors (Lipinski definition) is 0. The van der Waals surface area contributed by atoms with E-state index in [4.69, 9.17) is 14.4 Å². The first-order valence-electron chi connectivity index (χ1n) is 20.3. The van der Waals surface area contributed by atoms with E-state index in [0.717, 1.165) is 74.1 Å². The van der Waals surface area contributed by atoms with Gasteiger partial charge in [-0.3, -0.25) is 4.57 Å². The Morgan fingerprint density at radius 3 is 1.98 bits per heavy atom. The van der Waals surface area contributed by atoms with Gasteiger partial charge in [0.1, 0.15) is 5.76 Å². The summed E-state index contributed by atoms with van der Waals surface area (Å²) in [7, 11) is 0. The summed E-state index contributed by atoms with van der Waals surface area (Å²) in [5, 5.41) is 10.5. The van der Waals surface area contributed by atoms with Crippen LogP contribution in [0.4, 0.5) is 0 Å². The Kier molecular flexibility index (Phi) is 6.78. The van der Waals surface area contributed by atoms with Crippen LogP contribution < -0.4 is 0 Å². The molecule has 0 aliphatic heterocycles. The van der Waals surface area contributed by atoms with E-state index in [1.807, 2.05) is 0 Å². The summed E-state index contributed by atoms with van der Waals surface area (Å²) < 4.78 is 11.6. The van der Waals surface area contributed by atoms with Gasteiger partial charge >= 0.3 is 0 Å². The van der Waals surface area contributed by atoms with Crippen molar-refractivity contribution in [3.8, 4) is 22.9 Å². The van der Waals surface area contributed by atoms with Gasteiger partial charge in [0.2, 0.25) is 5.71 Å². The highest BCUT2D eigenvalue weighted by Gasteiger charge is 2.27. The zero-order valence-corrected chi connectivity index (χ0v) is 31.9. The fraction of sp³-hybridized carbons (Fsp3) is 0.0370. The molecule has 0 saturated heterocycles. The standard InChI is InChI=1S/C54H34N4O/c1-3-13-33(14-4-1)37-25-28-49-44(30-37)51-53(58-47-27-23-34-15-9-10-20-40(34)50(47)43-29-35-16-7-8-17-36(35)32-48(43)58)55-52(56-54(51)59-49)38-24-26-46-42(31-38)41-21-11-12-22-45(41)57(46)39-18-5-2-6-19-39/h1-24,26-27,29-32H,25,28H2. The zero-order valence-electron chi connectivity index (χ0n) is 31.9. The number of nitrogens with zero attached hydrogens (tertiary/aromatic N) is 4. The third kappa shape index (κ3) is 4.79. The maximum absolute atomic E-state index is 6.85. The highest BCUT2D eigenvalue weighted by Crippen LogP contribution is 2.44. The van der Waals surface area contributed by atoms with Crippen LogP contribution in [0.15, 0.2) is 180 Å². The van der Waals surface area contributed by atoms with Gasteiger partial charge in [-0.1, -0.05) is 121 Å². The topological polar surface area (TPSA) is 48.8 Å². The Balaban J connectivity index is 1.14. The van der Waals surface area contributed by atoms with E-state index in [9.17, 15) is 0 Å². The lowest BCUT2D eigenvalue weighted by molar-refractivity contribution is 0.538. The van der Waals surface area contributed by atoms with E-state index >= 15 is 0 Å². The van der Waals surface area contributed by atoms with Crippen molar-refractivity contribution in [1.29, 1.82) is 0 Å². The fourth-order valence-electron chi connectivity index (χ4n) is 9.72. The average molecular weight is 755 g/mol. The van der Waals surface area contributed by atoms with Crippen LogP contribution in [-0.2, 0) is 6.42 Å². The summed E-state index contributed by atoms with van der Waals surface area (Å²) >= 11 is 0. The quantitative estimate of drug-likeness (QED) is 0.180. The molecule has 0 radical (unpaired) electrons. The monoisotopic (exact) mass is 754 g/mol. The second kappa shape index (κ2) is 12.4. The second-order valence-corrected chi connectivity index (χ2v) is 15.7. The molecule has 0 unspecified atom stereocenters. The SMILES string of the molecule is C1=C(c2ccccc2)CCc2oc3nc(-c4ccc5c(c4)c4ccccc4n5-c4ccccc4)nc(-n4c5cc6ccccc6cc5c5c6ccccc6ccc54)c3c21. The zero-order chi connectivity index (χ0) is 38.6. The normalized spacial score (nSPS) is 13.1. The molecule has 1 aliphatic rings. The average Bonchev–Trinajstić information content (AvgIpc) is 3.95. The van der Waals surface area contributed by atoms with Crippen molar-refractivity contribution in [3.63, 3.8) is 0 Å². The van der Waals surface area contributed by atoms with Gasteiger partial charge in [0.15, 0.2) is 11.6 Å². The number of para-hydroxylation sites is 2. The molecule has 8 aromatic carbocycles. The maximum Gasteiger partial charge on any atom is 0.232 e. The first-order chi connectivity index (χ1) is 29.2. The van der Waals surface area contributed by atoms with E-state index < -0.39 is 0 Å². The number of rotatable bonds is 4. The third-order valence-corrected chi connectivity index (χ3v) is 12.4. The van der Waals surface area contributed by atoms with Crippen molar-refractivity contribution >= 4 is 87.9 Å². The molecular formula is C54H34N4O. The summed E-state index contributed by atoms with van der Waals surface area (Å²) in [6, 6.07) is 63.1. The molecule has 59 heavy (non-hydrogen) atoms. The van der Waals surface area contributed by atoms with E-state index in [2.05, 4.69) is 191 Å². The molecule has 1 aliphatic carbocycles. The van der Waals surface area contributed by atoms with Crippen molar-refractivity contribution in [3.05, 3.63) is 193 Å². The lowest BCUT2D eigenvalue weighted by Crippen LogP contribution is -2.03. The van der Waals surface area contributed by atoms with Gasteiger partial charge < -0.3 is 8.98 Å². The van der Waals surface area contributed by atoms with Crippen molar-refractivity contribution < 1.29 is 4.42 Å². The van der Waals surface area contributed by atoms with Crippen LogP contribution in [0.1, 0.15) is 23.3 Å². The number of hydrogen-bond acceptors (Lipinski definition) is 3. The van der Waals surface area contributed by atoms with Crippen LogP contribution in [0.5, 0.6) is 0 Å². The van der Waals surface area contributed by atoms with E-state index in [0.29, 0.717) is 11.5 Å². The van der Waals surface area contributed by atoms with Crippen LogP contribution >= 0.6 is 0 Å². The second-order valence-electron chi connectivity index (χ2n) is 15.7. The fourth-order valence-corrected chi connectivity index (χ4v) is 9.72. The molecule has 4 aromatic heterocycles. The van der Waals surface area contributed by atoms with E-state index in [1.54, 1.807) is 0 Å². The van der Waals surface area contributed by atoms with Crippen molar-refractivity contribution in [1.82, 2.24) is 19.1 Å². The van der Waals surface area contributed by atoms with Gasteiger partial charge in [-0.15, -0.1) is 0 Å². The summed E-state index contributed by atoms with van der Waals surface area (Å²) in [6.07, 6.45) is 3.99. The van der Waals surface area contributed by atoms with E-state index in [-0.39, 0.29) is 0 Å². The summed E-state index contributed by atoms with van der Waals surface area (Å²) in [5.41, 5.74) is 10.7. The summed E-state index contributed by atoms with van der Waals surface area (Å²) in [5.74, 6) is 2.39. The van der Waals surface area contributed by atoms with Gasteiger partial charge in [0.05, 0.1) is 27.5 Å². The van der Waals surface area contributed by atoms with Gasteiger partial charge in [0, 0.05) is 44.8 Å². The highest BCUT2D eigenvalue weighted by atomic mass is 16.3. The lowest BCUT2D eigenvalue weighted by Gasteiger charge is -2.14. The van der Waals surface area contributed by atoms with Crippen LogP contribution in [-0.4, -0.2) is 19.1 Å². The Labute approximate surface area is 338 Å². The summed E-state index contributed by atoms with van der Waals surface area (Å²) in [6.45, 7) is 0. The Morgan fingerprint density at radius 1 is 0.441 bits per heavy atom. The lowest BCUT2D eigenvalue weighted by atomic mass is 9.92. The van der Waals surface area contributed by atoms with Crippen LogP contribution in [0.25, 0.3) is 111 Å². The molecule has 12 aromatic rings. The Bertz CT molecular complexity index is 3720. The Hall–Kier alpha value is -7.76. The predicted molar refractivity (Wildman–Crippen MR) is 244 cm³/mol. The molecule has 0 saturated carbocycles. The van der Waals surface area contributed by atoms with Crippen LogP contribution in [0.2, 0.25) is 0 Å². The molecule has 0 N–H and O–H groups in total. The number of fused-ring (bicyclic) bond motifs is 12. The molecule has 4 heterocycles. The van der Waals surface area contributed by atoms with Crippen molar-refractivity contribution in [2.24, 2.45) is 0 Å². The van der Waals surface area contributed by atoms with Crippen molar-refractivity contribution in [2.75, 3.05) is 0 Å². The largest absolute Gasteiger partial charge is 0.442 e. The molecule has 0 bridgehead atoms. The van der Waals surface area contributed by atoms with Gasteiger partial charge in [0.25, 0.3) is 0 Å². The third-order valence-electron chi connectivity index (χ3n) is 12.4. The number of benzene rings is 8. The maximum atomic E-state index is 6.85. The molecule has 276 valence electrons. The molecule has 0 fully saturated rings. The predicted octanol–water partition coefficient (Wildman–Crippen LogP) is 13.9. The number of aryl methyl sites for hydroxylation is 1. The first-order valence-corrected chi connectivity index (χ1v) is 20.3. The number of aromatic nitrogens is 4. The molecule has 0 spiro atoms.